The van der Waals surface area contributed by atoms with E-state index in [-0.39, 0.29) is 5.91 Å². The van der Waals surface area contributed by atoms with Crippen molar-refractivity contribution in [2.24, 2.45) is 0 Å². The fourth-order valence-electron chi connectivity index (χ4n) is 1.75. The van der Waals surface area contributed by atoms with Crippen molar-refractivity contribution in [2.45, 2.75) is 18.5 Å². The Hall–Kier alpha value is -0.320. The van der Waals surface area contributed by atoms with Crippen LogP contribution in [0, 0.1) is 0 Å². The highest BCUT2D eigenvalue weighted by molar-refractivity contribution is 6.17. The summed E-state index contributed by atoms with van der Waals surface area (Å²) in [6.07, 6.45) is 1.90. The molecule has 0 spiro atoms. The molecule has 2 rings (SSSR count). The number of carbonyl (C=O) groups excluding carboxylic acids is 1. The first-order valence-electron chi connectivity index (χ1n) is 3.69. The van der Waals surface area contributed by atoms with Gasteiger partial charge >= 0.3 is 0 Å². The molecule has 2 aliphatic heterocycles. The standard InChI is InChI=1S/C6H10ClN3O/c1-8-5(11)6-3-2-4-9(6)10(6)7/h2-4H2,1H3,(H,8,11). The number of fused-ring (bicyclic) bond motifs is 1. The first-order valence-corrected chi connectivity index (χ1v) is 4.03. The fraction of sp³-hybridized carbons (Fsp3) is 0.833. The van der Waals surface area contributed by atoms with Crippen molar-refractivity contribution in [1.29, 1.82) is 0 Å². The van der Waals surface area contributed by atoms with E-state index in [1.165, 1.54) is 4.53 Å². The second kappa shape index (κ2) is 2.09. The Bertz CT molecular complexity index is 210. The van der Waals surface area contributed by atoms with Crippen molar-refractivity contribution in [3.8, 4) is 0 Å². The maximum atomic E-state index is 11.3. The summed E-state index contributed by atoms with van der Waals surface area (Å²) < 4.78 is 1.50. The van der Waals surface area contributed by atoms with Crippen molar-refractivity contribution in [1.82, 2.24) is 14.9 Å². The molecule has 3 unspecified atom stereocenters. The molecule has 5 heteroatoms. The summed E-state index contributed by atoms with van der Waals surface area (Å²) in [5, 5.41) is 4.50. The Balaban J connectivity index is 2.17. The molecular weight excluding hydrogens is 166 g/mol. The van der Waals surface area contributed by atoms with Crippen molar-refractivity contribution in [3.63, 3.8) is 0 Å². The van der Waals surface area contributed by atoms with E-state index in [4.69, 9.17) is 11.8 Å². The van der Waals surface area contributed by atoms with Crippen LogP contribution in [0.15, 0.2) is 0 Å². The largest absolute Gasteiger partial charge is 0.356 e. The van der Waals surface area contributed by atoms with E-state index >= 15 is 0 Å². The molecule has 0 aliphatic carbocycles. The number of amides is 1. The summed E-state index contributed by atoms with van der Waals surface area (Å²) in [6, 6.07) is 0. The molecule has 1 N–H and O–H groups in total. The summed E-state index contributed by atoms with van der Waals surface area (Å²) in [6.45, 7) is 0.900. The minimum absolute atomic E-state index is 0.00463. The molecule has 2 aliphatic rings. The van der Waals surface area contributed by atoms with Gasteiger partial charge in [0.05, 0.1) is 0 Å². The minimum Gasteiger partial charge on any atom is -0.356 e. The van der Waals surface area contributed by atoms with Crippen LogP contribution < -0.4 is 5.32 Å². The van der Waals surface area contributed by atoms with E-state index in [1.54, 1.807) is 7.05 Å². The summed E-state index contributed by atoms with van der Waals surface area (Å²) >= 11 is 5.78. The quantitative estimate of drug-likeness (QED) is 0.447. The average Bonchev–Trinajstić information content (AvgIpc) is 2.51. The molecule has 0 saturated carbocycles. The number of rotatable bonds is 1. The van der Waals surface area contributed by atoms with E-state index in [9.17, 15) is 4.79 Å². The van der Waals surface area contributed by atoms with Crippen LogP contribution in [0.25, 0.3) is 0 Å². The number of hydrogen-bond acceptors (Lipinski definition) is 3. The van der Waals surface area contributed by atoms with Gasteiger partial charge in [-0.3, -0.25) is 4.79 Å². The van der Waals surface area contributed by atoms with Gasteiger partial charge in [0.2, 0.25) is 0 Å². The smallest absolute Gasteiger partial charge is 0.259 e. The second-order valence-electron chi connectivity index (χ2n) is 2.88. The summed E-state index contributed by atoms with van der Waals surface area (Å²) in [5.41, 5.74) is -0.490. The lowest BCUT2D eigenvalue weighted by Crippen LogP contribution is -2.36. The highest BCUT2D eigenvalue weighted by Gasteiger charge is 2.68. The molecule has 3 atom stereocenters. The molecule has 2 heterocycles. The van der Waals surface area contributed by atoms with Crippen molar-refractivity contribution in [3.05, 3.63) is 0 Å². The van der Waals surface area contributed by atoms with E-state index in [2.05, 4.69) is 5.32 Å². The molecule has 2 fully saturated rings. The summed E-state index contributed by atoms with van der Waals surface area (Å²) in [7, 11) is 1.64. The van der Waals surface area contributed by atoms with Crippen LogP contribution in [0.1, 0.15) is 12.8 Å². The molecule has 0 aromatic carbocycles. The molecule has 0 aromatic rings. The van der Waals surface area contributed by atoms with E-state index in [0.717, 1.165) is 19.4 Å². The fourth-order valence-corrected chi connectivity index (χ4v) is 2.17. The molecule has 0 radical (unpaired) electrons. The number of likely N-dealkylation sites (N-methyl/N-ethyl adjacent to an activating group) is 1. The summed E-state index contributed by atoms with van der Waals surface area (Å²) in [5.74, 6) is 0.00463. The van der Waals surface area contributed by atoms with Crippen molar-refractivity contribution >= 4 is 17.7 Å². The van der Waals surface area contributed by atoms with Crippen molar-refractivity contribution < 1.29 is 4.79 Å². The van der Waals surface area contributed by atoms with Gasteiger partial charge in [0, 0.05) is 13.6 Å². The lowest BCUT2D eigenvalue weighted by Gasteiger charge is -2.05. The number of hydrazine groups is 1. The van der Waals surface area contributed by atoms with Crippen LogP contribution in [0.2, 0.25) is 0 Å². The van der Waals surface area contributed by atoms with E-state index in [1.807, 2.05) is 5.01 Å². The molecule has 0 bridgehead atoms. The van der Waals surface area contributed by atoms with Gasteiger partial charge in [0.25, 0.3) is 5.91 Å². The molecule has 11 heavy (non-hydrogen) atoms. The number of carbonyl (C=O) groups is 1. The molecule has 62 valence electrons. The van der Waals surface area contributed by atoms with E-state index in [0.29, 0.717) is 0 Å². The Morgan fingerprint density at radius 2 is 2.45 bits per heavy atom. The predicted molar refractivity (Wildman–Crippen MR) is 40.4 cm³/mol. The van der Waals surface area contributed by atoms with Crippen LogP contribution >= 0.6 is 11.8 Å². The third-order valence-electron chi connectivity index (χ3n) is 2.39. The van der Waals surface area contributed by atoms with Crippen LogP contribution in [0.4, 0.5) is 0 Å². The summed E-state index contributed by atoms with van der Waals surface area (Å²) in [4.78, 5) is 11.3. The maximum absolute atomic E-state index is 11.3. The highest BCUT2D eigenvalue weighted by Crippen LogP contribution is 2.49. The van der Waals surface area contributed by atoms with Crippen LogP contribution in [0.5, 0.6) is 0 Å². The predicted octanol–water partition coefficient (Wildman–Crippen LogP) is -0.0911. The van der Waals surface area contributed by atoms with Gasteiger partial charge in [-0.05, 0) is 24.6 Å². The van der Waals surface area contributed by atoms with Crippen molar-refractivity contribution in [2.75, 3.05) is 13.6 Å². The number of nitrogens with one attached hydrogen (secondary N) is 1. The lowest BCUT2D eigenvalue weighted by atomic mass is 10.1. The van der Waals surface area contributed by atoms with Gasteiger partial charge < -0.3 is 5.32 Å². The number of hydrogen-bond donors (Lipinski definition) is 1. The lowest BCUT2D eigenvalue weighted by molar-refractivity contribution is -0.124. The zero-order valence-electron chi connectivity index (χ0n) is 6.30. The molecule has 1 amide bonds. The highest BCUT2D eigenvalue weighted by atomic mass is 35.5. The third kappa shape index (κ3) is 0.694. The second-order valence-corrected chi connectivity index (χ2v) is 3.20. The van der Waals surface area contributed by atoms with Crippen LogP contribution in [-0.2, 0) is 4.79 Å². The molecule has 4 nitrogen and oxygen atoms in total. The molecular formula is C6H10ClN3O. The van der Waals surface area contributed by atoms with Gasteiger partial charge in [-0.15, -0.1) is 4.53 Å². The first kappa shape index (κ1) is 7.34. The number of nitrogens with zero attached hydrogens (tertiary/aromatic N) is 2. The van der Waals surface area contributed by atoms with Gasteiger partial charge in [0.15, 0.2) is 5.66 Å². The minimum atomic E-state index is -0.490. The van der Waals surface area contributed by atoms with Crippen LogP contribution in [0.3, 0.4) is 0 Å². The third-order valence-corrected chi connectivity index (χ3v) is 2.85. The first-order chi connectivity index (χ1) is 5.23. The zero-order valence-corrected chi connectivity index (χ0v) is 7.06. The van der Waals surface area contributed by atoms with Gasteiger partial charge in [-0.1, -0.05) is 0 Å². The Kier molecular flexibility index (Phi) is 1.39. The Morgan fingerprint density at radius 3 is 2.91 bits per heavy atom. The average molecular weight is 176 g/mol. The van der Waals surface area contributed by atoms with Gasteiger partial charge in [0.1, 0.15) is 0 Å². The van der Waals surface area contributed by atoms with Gasteiger partial charge in [-0.2, -0.15) is 5.01 Å². The van der Waals surface area contributed by atoms with E-state index < -0.39 is 5.66 Å². The number of halogens is 1. The molecule has 2 saturated heterocycles. The van der Waals surface area contributed by atoms with Gasteiger partial charge in [-0.25, -0.2) is 0 Å². The van der Waals surface area contributed by atoms with Crippen LogP contribution in [-0.4, -0.2) is 34.7 Å². The zero-order chi connectivity index (χ0) is 8.06. The SMILES string of the molecule is CNC(=O)C12CCCN1N2Cl. The Morgan fingerprint density at radius 1 is 1.73 bits per heavy atom. The molecule has 0 aromatic heterocycles. The Labute approximate surface area is 70.2 Å². The monoisotopic (exact) mass is 175 g/mol. The maximum Gasteiger partial charge on any atom is 0.259 e. The normalized spacial score (nSPS) is 46.7. The topological polar surface area (TPSA) is 35.1 Å².